The quantitative estimate of drug-likeness (QED) is 0.0890. The molecule has 0 spiro atoms. The van der Waals surface area contributed by atoms with E-state index in [2.05, 4.69) is 30.9 Å². The molecule has 0 unspecified atom stereocenters. The zero-order chi connectivity index (χ0) is 30.0. The molecule has 2 N–H and O–H groups in total. The van der Waals surface area contributed by atoms with Crippen molar-refractivity contribution in [2.24, 2.45) is 0 Å². The number of benzene rings is 4. The van der Waals surface area contributed by atoms with Crippen molar-refractivity contribution in [1.29, 1.82) is 0 Å². The number of nitrogen functional groups attached to an aromatic ring is 1. The highest BCUT2D eigenvalue weighted by atomic mass is 16.1. The molecule has 0 saturated carbocycles. The molecule has 4 aromatic carbocycles. The van der Waals surface area contributed by atoms with Crippen LogP contribution in [-0.4, -0.2) is 24.7 Å². The minimum absolute atomic E-state index is 0.0237. The second kappa shape index (κ2) is 18.3. The van der Waals surface area contributed by atoms with Crippen LogP contribution in [0.3, 0.4) is 0 Å². The number of unbranched alkanes of at least 4 members (excludes halogenated alkanes) is 6. The first kappa shape index (κ1) is 32.3. The van der Waals surface area contributed by atoms with Gasteiger partial charge in [0.15, 0.2) is 11.6 Å². The highest BCUT2D eigenvalue weighted by Gasteiger charge is 2.11. The molecule has 4 nitrogen and oxygen atoms in total. The predicted octanol–water partition coefficient (Wildman–Crippen LogP) is 9.38. The standard InChI is InChI=1S/C25H35NO.C13H11NO/c1-3-5-7-12-20-26(21-13-8-6-4-2)24-18-16-23(17-19-24)25(27)22-14-10-9-11-15-22;14-12-8-6-11(7-9-12)13(15)10-4-2-1-3-5-10/h9-11,14-19H,3-8,12-13,20-21H2,1-2H3;1-9H,14H2. The van der Waals surface area contributed by atoms with Crippen LogP contribution in [0.15, 0.2) is 109 Å². The molecule has 0 atom stereocenters. The van der Waals surface area contributed by atoms with Gasteiger partial charge in [0.2, 0.25) is 0 Å². The van der Waals surface area contributed by atoms with Gasteiger partial charge in [-0.15, -0.1) is 0 Å². The van der Waals surface area contributed by atoms with E-state index in [9.17, 15) is 9.59 Å². The zero-order valence-electron chi connectivity index (χ0n) is 25.3. The summed E-state index contributed by atoms with van der Waals surface area (Å²) in [4.78, 5) is 27.0. The van der Waals surface area contributed by atoms with Gasteiger partial charge in [-0.1, -0.05) is 113 Å². The third-order valence-electron chi connectivity index (χ3n) is 7.30. The SMILES string of the molecule is CCCCCCN(CCCCCC)c1ccc(C(=O)c2ccccc2)cc1.Nc1ccc(C(=O)c2ccccc2)cc1. The van der Waals surface area contributed by atoms with Crippen molar-refractivity contribution in [2.75, 3.05) is 23.7 Å². The number of carbonyl (C=O) groups is 2. The summed E-state index contributed by atoms with van der Waals surface area (Å²) in [6.45, 7) is 6.73. The highest BCUT2D eigenvalue weighted by Crippen LogP contribution is 2.20. The normalized spacial score (nSPS) is 10.4. The van der Waals surface area contributed by atoms with Crippen LogP contribution >= 0.6 is 0 Å². The Bertz CT molecular complexity index is 1310. The molecule has 0 radical (unpaired) electrons. The highest BCUT2D eigenvalue weighted by molar-refractivity contribution is 6.09. The third kappa shape index (κ3) is 10.7. The van der Waals surface area contributed by atoms with E-state index in [-0.39, 0.29) is 11.6 Å². The van der Waals surface area contributed by atoms with Gasteiger partial charge in [0, 0.05) is 46.7 Å². The van der Waals surface area contributed by atoms with Gasteiger partial charge in [-0.25, -0.2) is 0 Å². The Morgan fingerprint density at radius 1 is 0.500 bits per heavy atom. The molecule has 0 aliphatic rings. The largest absolute Gasteiger partial charge is 0.399 e. The van der Waals surface area contributed by atoms with Gasteiger partial charge < -0.3 is 10.6 Å². The van der Waals surface area contributed by atoms with E-state index in [1.165, 1.54) is 57.1 Å². The minimum atomic E-state index is 0.0237. The van der Waals surface area contributed by atoms with E-state index in [4.69, 9.17) is 5.73 Å². The van der Waals surface area contributed by atoms with E-state index in [1.807, 2.05) is 60.7 Å². The molecule has 4 aromatic rings. The molecule has 4 heteroatoms. The number of carbonyl (C=O) groups excluding carboxylic acids is 2. The van der Waals surface area contributed by atoms with Crippen LogP contribution in [-0.2, 0) is 0 Å². The van der Waals surface area contributed by atoms with Gasteiger partial charge in [0.05, 0.1) is 0 Å². The van der Waals surface area contributed by atoms with E-state index >= 15 is 0 Å². The summed E-state index contributed by atoms with van der Waals surface area (Å²) in [5, 5.41) is 0. The van der Waals surface area contributed by atoms with Crippen molar-refractivity contribution in [2.45, 2.75) is 65.2 Å². The predicted molar refractivity (Wildman–Crippen MR) is 178 cm³/mol. The molecule has 0 saturated heterocycles. The lowest BCUT2D eigenvalue weighted by atomic mass is 10.0. The van der Waals surface area contributed by atoms with E-state index in [0.717, 1.165) is 24.2 Å². The average molecular weight is 563 g/mol. The number of nitrogens with two attached hydrogens (primary N) is 1. The van der Waals surface area contributed by atoms with Crippen molar-refractivity contribution >= 4 is 22.9 Å². The van der Waals surface area contributed by atoms with Gasteiger partial charge in [0.25, 0.3) is 0 Å². The van der Waals surface area contributed by atoms with Gasteiger partial charge in [-0.3, -0.25) is 9.59 Å². The van der Waals surface area contributed by atoms with Gasteiger partial charge in [-0.2, -0.15) is 0 Å². The summed E-state index contributed by atoms with van der Waals surface area (Å²) in [7, 11) is 0. The zero-order valence-corrected chi connectivity index (χ0v) is 25.3. The second-order valence-corrected chi connectivity index (χ2v) is 10.7. The van der Waals surface area contributed by atoms with Crippen LogP contribution in [0.1, 0.15) is 97.1 Å². The van der Waals surface area contributed by atoms with Gasteiger partial charge >= 0.3 is 0 Å². The number of rotatable bonds is 15. The lowest BCUT2D eigenvalue weighted by molar-refractivity contribution is 0.103. The summed E-state index contributed by atoms with van der Waals surface area (Å²) < 4.78 is 0. The lowest BCUT2D eigenvalue weighted by Crippen LogP contribution is -2.25. The number of nitrogens with zero attached hydrogens (tertiary/aromatic N) is 1. The minimum Gasteiger partial charge on any atom is -0.399 e. The molecular formula is C38H46N2O2. The van der Waals surface area contributed by atoms with Crippen LogP contribution < -0.4 is 10.6 Å². The maximum atomic E-state index is 12.6. The molecule has 220 valence electrons. The fourth-order valence-corrected chi connectivity index (χ4v) is 4.80. The first-order chi connectivity index (χ1) is 20.5. The maximum absolute atomic E-state index is 12.6. The number of hydrogen-bond acceptors (Lipinski definition) is 4. The molecule has 0 bridgehead atoms. The van der Waals surface area contributed by atoms with Crippen molar-refractivity contribution in [3.05, 3.63) is 131 Å². The smallest absolute Gasteiger partial charge is 0.193 e. The van der Waals surface area contributed by atoms with E-state index < -0.39 is 0 Å². The monoisotopic (exact) mass is 562 g/mol. The van der Waals surface area contributed by atoms with Crippen molar-refractivity contribution in [3.63, 3.8) is 0 Å². The molecule has 0 amide bonds. The van der Waals surface area contributed by atoms with Crippen LogP contribution in [0.25, 0.3) is 0 Å². The molecule has 0 aliphatic carbocycles. The van der Waals surface area contributed by atoms with Crippen molar-refractivity contribution in [1.82, 2.24) is 0 Å². The summed E-state index contributed by atoms with van der Waals surface area (Å²) in [5.41, 5.74) is 10.3. The Labute approximate surface area is 252 Å². The summed E-state index contributed by atoms with van der Waals surface area (Å²) in [5.74, 6) is 0.121. The molecular weight excluding hydrogens is 516 g/mol. The Hall–Kier alpha value is -4.18. The fourth-order valence-electron chi connectivity index (χ4n) is 4.80. The third-order valence-corrected chi connectivity index (χ3v) is 7.30. The van der Waals surface area contributed by atoms with E-state index in [0.29, 0.717) is 16.8 Å². The summed E-state index contributed by atoms with van der Waals surface area (Å²) >= 11 is 0. The summed E-state index contributed by atoms with van der Waals surface area (Å²) in [6, 6.07) is 33.9. The number of anilines is 2. The maximum Gasteiger partial charge on any atom is 0.193 e. The Balaban J connectivity index is 0.000000271. The van der Waals surface area contributed by atoms with Gasteiger partial charge in [-0.05, 0) is 61.4 Å². The molecule has 42 heavy (non-hydrogen) atoms. The first-order valence-corrected chi connectivity index (χ1v) is 15.4. The summed E-state index contributed by atoms with van der Waals surface area (Å²) in [6.07, 6.45) is 10.2. The van der Waals surface area contributed by atoms with Crippen LogP contribution in [0.4, 0.5) is 11.4 Å². The molecule has 4 rings (SSSR count). The molecule has 0 heterocycles. The number of ketones is 2. The topological polar surface area (TPSA) is 63.4 Å². The lowest BCUT2D eigenvalue weighted by Gasteiger charge is -2.25. The number of hydrogen-bond donors (Lipinski definition) is 1. The molecule has 0 fully saturated rings. The van der Waals surface area contributed by atoms with Crippen LogP contribution in [0.2, 0.25) is 0 Å². The van der Waals surface area contributed by atoms with E-state index in [1.54, 1.807) is 36.4 Å². The van der Waals surface area contributed by atoms with Crippen LogP contribution in [0, 0.1) is 0 Å². The Morgan fingerprint density at radius 2 is 0.881 bits per heavy atom. The van der Waals surface area contributed by atoms with Crippen molar-refractivity contribution < 1.29 is 9.59 Å². The van der Waals surface area contributed by atoms with Crippen LogP contribution in [0.5, 0.6) is 0 Å². The van der Waals surface area contributed by atoms with Crippen molar-refractivity contribution in [3.8, 4) is 0 Å². The second-order valence-electron chi connectivity index (χ2n) is 10.7. The Morgan fingerprint density at radius 3 is 1.29 bits per heavy atom. The molecule has 0 aliphatic heterocycles. The fraction of sp³-hybridized carbons (Fsp3) is 0.316. The average Bonchev–Trinajstić information content (AvgIpc) is 3.05. The Kier molecular flexibility index (Phi) is 14.1. The first-order valence-electron chi connectivity index (χ1n) is 15.4. The van der Waals surface area contributed by atoms with Gasteiger partial charge in [0.1, 0.15) is 0 Å². The molecule has 0 aromatic heterocycles.